The lowest BCUT2D eigenvalue weighted by atomic mass is 10.2. The van der Waals surface area contributed by atoms with Crippen LogP contribution < -0.4 is 11.2 Å². The Morgan fingerprint density at radius 1 is 1.62 bits per heavy atom. The molecule has 0 radical (unpaired) electrons. The maximum Gasteiger partial charge on any atom is 0.221 e. The fourth-order valence-electron chi connectivity index (χ4n) is 0.861. The summed E-state index contributed by atoms with van der Waals surface area (Å²) >= 11 is 0. The van der Waals surface area contributed by atoms with Gasteiger partial charge in [0.1, 0.15) is 0 Å². The number of H-pyrrole nitrogens is 1. The topological polar surface area (TPSA) is 76.0 Å². The van der Waals surface area contributed by atoms with E-state index in [9.17, 15) is 9.59 Å². The molecule has 0 aliphatic heterocycles. The molecular weight excluding hydrogens is 168 g/mol. The third-order valence-corrected chi connectivity index (χ3v) is 1.47. The van der Waals surface area contributed by atoms with Gasteiger partial charge >= 0.3 is 0 Å². The van der Waals surface area contributed by atoms with Crippen LogP contribution in [0.25, 0.3) is 6.08 Å². The monoisotopic (exact) mass is 178 g/mol. The molecule has 0 fully saturated rings. The van der Waals surface area contributed by atoms with Crippen molar-refractivity contribution in [2.24, 2.45) is 5.73 Å². The lowest BCUT2D eigenvalue weighted by molar-refractivity contribution is -0.117. The van der Waals surface area contributed by atoms with Crippen molar-refractivity contribution in [2.75, 3.05) is 0 Å². The number of rotatable bonds is 3. The highest BCUT2D eigenvalue weighted by Crippen LogP contribution is 1.93. The number of primary amides is 1. The van der Waals surface area contributed by atoms with Crippen molar-refractivity contribution in [3.8, 4) is 0 Å². The van der Waals surface area contributed by atoms with Gasteiger partial charge in [-0.15, -0.1) is 0 Å². The van der Waals surface area contributed by atoms with Gasteiger partial charge in [0.2, 0.25) is 5.91 Å². The summed E-state index contributed by atoms with van der Waals surface area (Å²) in [6.07, 6.45) is 6.40. The Kier molecular flexibility index (Phi) is 3.03. The normalized spacial score (nSPS) is 10.5. The molecule has 68 valence electrons. The molecule has 0 unspecified atom stereocenters. The van der Waals surface area contributed by atoms with E-state index in [1.54, 1.807) is 24.5 Å². The summed E-state index contributed by atoms with van der Waals surface area (Å²) in [5.41, 5.74) is 5.35. The van der Waals surface area contributed by atoms with Crippen molar-refractivity contribution in [1.29, 1.82) is 0 Å². The van der Waals surface area contributed by atoms with Crippen LogP contribution in [-0.2, 0) is 4.79 Å². The number of carbonyl (C=O) groups excluding carboxylic acids is 1. The predicted octanol–water partition coefficient (Wildman–Crippen LogP) is 0.263. The van der Waals surface area contributed by atoms with Crippen molar-refractivity contribution in [1.82, 2.24) is 4.98 Å². The zero-order valence-electron chi connectivity index (χ0n) is 6.99. The fourth-order valence-corrected chi connectivity index (χ4v) is 0.861. The Labute approximate surface area is 75.1 Å². The number of carbonyl (C=O) groups is 1. The Morgan fingerprint density at radius 2 is 2.38 bits per heavy atom. The molecule has 0 spiro atoms. The van der Waals surface area contributed by atoms with Crippen molar-refractivity contribution in [3.05, 3.63) is 40.3 Å². The molecule has 0 atom stereocenters. The van der Waals surface area contributed by atoms with E-state index < -0.39 is 5.91 Å². The Morgan fingerprint density at radius 3 is 3.00 bits per heavy atom. The maximum absolute atomic E-state index is 11.1. The van der Waals surface area contributed by atoms with Gasteiger partial charge in [-0.05, 0) is 0 Å². The second-order valence-corrected chi connectivity index (χ2v) is 2.54. The average Bonchev–Trinajstić information content (AvgIpc) is 2.08. The minimum atomic E-state index is -0.413. The number of nitrogens with one attached hydrogen (secondary N) is 1. The molecule has 1 amide bonds. The number of pyridine rings is 1. The van der Waals surface area contributed by atoms with Crippen LogP contribution in [0.3, 0.4) is 0 Å². The number of amides is 1. The minimum absolute atomic E-state index is 0.0838. The first kappa shape index (κ1) is 9.25. The van der Waals surface area contributed by atoms with Crippen molar-refractivity contribution >= 4 is 12.0 Å². The van der Waals surface area contributed by atoms with E-state index in [2.05, 4.69) is 4.98 Å². The molecule has 0 aliphatic carbocycles. The lowest BCUT2D eigenvalue weighted by Crippen LogP contribution is -2.08. The number of hydrogen-bond acceptors (Lipinski definition) is 2. The van der Waals surface area contributed by atoms with Gasteiger partial charge in [-0.2, -0.15) is 0 Å². The van der Waals surface area contributed by atoms with Crippen LogP contribution in [0.2, 0.25) is 0 Å². The third kappa shape index (κ3) is 2.94. The first-order valence-corrected chi connectivity index (χ1v) is 3.82. The number of nitrogens with two attached hydrogens (primary N) is 1. The Balaban J connectivity index is 2.75. The van der Waals surface area contributed by atoms with Crippen LogP contribution in [0.1, 0.15) is 12.0 Å². The zero-order chi connectivity index (χ0) is 9.68. The van der Waals surface area contributed by atoms with Gasteiger partial charge in [0.25, 0.3) is 0 Å². The van der Waals surface area contributed by atoms with Gasteiger partial charge in [-0.3, -0.25) is 9.59 Å². The van der Waals surface area contributed by atoms with E-state index in [4.69, 9.17) is 5.73 Å². The highest BCUT2D eigenvalue weighted by molar-refractivity contribution is 5.76. The Bertz CT molecular complexity index is 379. The highest BCUT2D eigenvalue weighted by Gasteiger charge is 1.92. The molecule has 0 bridgehead atoms. The lowest BCUT2D eigenvalue weighted by Gasteiger charge is -1.89. The summed E-state index contributed by atoms with van der Waals surface area (Å²) < 4.78 is 0. The minimum Gasteiger partial charge on any atom is -0.369 e. The van der Waals surface area contributed by atoms with E-state index in [1.165, 1.54) is 6.07 Å². The van der Waals surface area contributed by atoms with Crippen LogP contribution in [0, 0.1) is 0 Å². The fraction of sp³-hybridized carbons (Fsp3) is 0.111. The first-order valence-electron chi connectivity index (χ1n) is 3.82. The SMILES string of the molecule is NC(=O)CC=Cc1c[nH]ccc1=O. The van der Waals surface area contributed by atoms with Crippen LogP contribution in [0.4, 0.5) is 0 Å². The van der Waals surface area contributed by atoms with E-state index in [1.807, 2.05) is 0 Å². The molecule has 1 aromatic rings. The molecule has 1 rings (SSSR count). The molecule has 4 nitrogen and oxygen atoms in total. The number of hydrogen-bond donors (Lipinski definition) is 2. The largest absolute Gasteiger partial charge is 0.369 e. The zero-order valence-corrected chi connectivity index (χ0v) is 6.99. The van der Waals surface area contributed by atoms with Gasteiger partial charge in [0.15, 0.2) is 5.43 Å². The van der Waals surface area contributed by atoms with Crippen molar-refractivity contribution in [3.63, 3.8) is 0 Å². The van der Waals surface area contributed by atoms with Crippen molar-refractivity contribution in [2.45, 2.75) is 6.42 Å². The van der Waals surface area contributed by atoms with Crippen LogP contribution >= 0.6 is 0 Å². The summed E-state index contributed by atoms with van der Waals surface area (Å²) in [4.78, 5) is 24.2. The van der Waals surface area contributed by atoms with Gasteiger partial charge in [-0.25, -0.2) is 0 Å². The standard InChI is InChI=1S/C9H10N2O2/c10-9(13)3-1-2-7-6-11-5-4-8(7)12/h1-2,4-6H,3H2,(H2,10,13)(H,11,12). The highest BCUT2D eigenvalue weighted by atomic mass is 16.1. The molecule has 4 heteroatoms. The van der Waals surface area contributed by atoms with E-state index in [0.29, 0.717) is 5.56 Å². The first-order chi connectivity index (χ1) is 6.20. The van der Waals surface area contributed by atoms with E-state index in [-0.39, 0.29) is 11.8 Å². The van der Waals surface area contributed by atoms with E-state index in [0.717, 1.165) is 0 Å². The third-order valence-electron chi connectivity index (χ3n) is 1.47. The molecule has 3 N–H and O–H groups in total. The van der Waals surface area contributed by atoms with Crippen LogP contribution in [-0.4, -0.2) is 10.9 Å². The molecule has 0 saturated heterocycles. The predicted molar refractivity (Wildman–Crippen MR) is 49.9 cm³/mol. The van der Waals surface area contributed by atoms with Crippen LogP contribution in [0.15, 0.2) is 29.3 Å². The number of aromatic nitrogens is 1. The average molecular weight is 178 g/mol. The molecule has 0 aromatic carbocycles. The molecular formula is C9H10N2O2. The quantitative estimate of drug-likeness (QED) is 0.696. The van der Waals surface area contributed by atoms with Gasteiger partial charge in [0, 0.05) is 30.4 Å². The summed E-state index contributed by atoms with van der Waals surface area (Å²) in [5, 5.41) is 0. The molecule has 1 heterocycles. The summed E-state index contributed by atoms with van der Waals surface area (Å²) in [6, 6.07) is 1.42. The molecule has 0 saturated carbocycles. The van der Waals surface area contributed by atoms with Gasteiger partial charge in [-0.1, -0.05) is 12.2 Å². The summed E-state index contributed by atoms with van der Waals surface area (Å²) in [6.45, 7) is 0. The Hall–Kier alpha value is -1.84. The summed E-state index contributed by atoms with van der Waals surface area (Å²) in [5.74, 6) is -0.413. The van der Waals surface area contributed by atoms with E-state index >= 15 is 0 Å². The van der Waals surface area contributed by atoms with Crippen molar-refractivity contribution < 1.29 is 4.79 Å². The van der Waals surface area contributed by atoms with Crippen LogP contribution in [0.5, 0.6) is 0 Å². The molecule has 13 heavy (non-hydrogen) atoms. The second kappa shape index (κ2) is 4.25. The van der Waals surface area contributed by atoms with Gasteiger partial charge in [0.05, 0.1) is 0 Å². The maximum atomic E-state index is 11.1. The van der Waals surface area contributed by atoms with Gasteiger partial charge < -0.3 is 10.7 Å². The molecule has 1 aromatic heterocycles. The summed E-state index contributed by atoms with van der Waals surface area (Å²) in [7, 11) is 0. The smallest absolute Gasteiger partial charge is 0.221 e. The molecule has 0 aliphatic rings. The number of aromatic amines is 1. The second-order valence-electron chi connectivity index (χ2n) is 2.54.